The minimum absolute atomic E-state index is 0.153. The van der Waals surface area contributed by atoms with Crippen LogP contribution in [0.25, 0.3) is 11.4 Å². The van der Waals surface area contributed by atoms with Crippen molar-refractivity contribution >= 4 is 31.3 Å². The minimum Gasteiger partial charge on any atom is -0.294 e. The van der Waals surface area contributed by atoms with Gasteiger partial charge >= 0.3 is 0 Å². The van der Waals surface area contributed by atoms with Crippen molar-refractivity contribution in [1.82, 2.24) is 14.8 Å². The summed E-state index contributed by atoms with van der Waals surface area (Å²) in [6, 6.07) is 5.18. The summed E-state index contributed by atoms with van der Waals surface area (Å²) in [5.41, 5.74) is 1.61. The molecule has 2 rings (SSSR count). The van der Waals surface area contributed by atoms with E-state index in [0.29, 0.717) is 10.8 Å². The molecule has 0 radical (unpaired) electrons. The summed E-state index contributed by atoms with van der Waals surface area (Å²) in [6.07, 6.45) is 0. The molecular formula is C12H13Cl2N3O2S. The second-order valence-corrected chi connectivity index (χ2v) is 7.54. The van der Waals surface area contributed by atoms with Crippen molar-refractivity contribution in [2.75, 3.05) is 0 Å². The molecule has 0 aliphatic carbocycles. The van der Waals surface area contributed by atoms with Crippen molar-refractivity contribution in [1.29, 1.82) is 0 Å². The maximum atomic E-state index is 11.5. The second-order valence-electron chi connectivity index (χ2n) is 4.67. The van der Waals surface area contributed by atoms with Gasteiger partial charge in [-0.3, -0.25) is 4.57 Å². The summed E-state index contributed by atoms with van der Waals surface area (Å²) >= 11 is 5.99. The van der Waals surface area contributed by atoms with E-state index in [2.05, 4.69) is 10.2 Å². The van der Waals surface area contributed by atoms with Crippen molar-refractivity contribution in [2.45, 2.75) is 32.0 Å². The van der Waals surface area contributed by atoms with Crippen LogP contribution in [0.1, 0.15) is 25.5 Å². The fourth-order valence-electron chi connectivity index (χ4n) is 1.89. The van der Waals surface area contributed by atoms with Gasteiger partial charge in [0.05, 0.1) is 0 Å². The molecule has 2 aromatic rings. The third-order valence-corrected chi connectivity index (χ3v) is 4.37. The molecule has 5 nitrogen and oxygen atoms in total. The van der Waals surface area contributed by atoms with Gasteiger partial charge in [-0.2, -0.15) is 0 Å². The number of halogens is 2. The van der Waals surface area contributed by atoms with Crippen molar-refractivity contribution in [3.8, 4) is 11.4 Å². The molecule has 0 N–H and O–H groups in total. The van der Waals surface area contributed by atoms with Gasteiger partial charge in [-0.1, -0.05) is 11.6 Å². The van der Waals surface area contributed by atoms with Gasteiger partial charge < -0.3 is 0 Å². The molecule has 0 saturated carbocycles. The van der Waals surface area contributed by atoms with E-state index in [1.807, 2.05) is 26.8 Å². The average molecular weight is 334 g/mol. The number of aryl methyl sites for hydroxylation is 1. The highest BCUT2D eigenvalue weighted by molar-refractivity contribution is 8.13. The van der Waals surface area contributed by atoms with Crippen LogP contribution in [-0.2, 0) is 9.05 Å². The first-order valence-electron chi connectivity index (χ1n) is 5.88. The Balaban J connectivity index is 2.69. The minimum atomic E-state index is -3.95. The van der Waals surface area contributed by atoms with Crippen molar-refractivity contribution in [3.63, 3.8) is 0 Å². The van der Waals surface area contributed by atoms with Crippen LogP contribution in [-0.4, -0.2) is 23.2 Å². The van der Waals surface area contributed by atoms with Gasteiger partial charge in [0, 0.05) is 27.3 Å². The molecule has 20 heavy (non-hydrogen) atoms. The molecule has 0 saturated heterocycles. The van der Waals surface area contributed by atoms with Crippen LogP contribution < -0.4 is 0 Å². The molecule has 1 heterocycles. The third kappa shape index (κ3) is 2.82. The molecule has 108 valence electrons. The Morgan fingerprint density at radius 3 is 2.40 bits per heavy atom. The summed E-state index contributed by atoms with van der Waals surface area (Å²) in [4.78, 5) is 0. The van der Waals surface area contributed by atoms with E-state index in [-0.39, 0.29) is 11.2 Å². The Kier molecular flexibility index (Phi) is 4.09. The summed E-state index contributed by atoms with van der Waals surface area (Å²) in [5, 5.41) is 8.03. The second kappa shape index (κ2) is 5.35. The molecule has 0 amide bonds. The molecule has 8 heteroatoms. The van der Waals surface area contributed by atoms with Crippen LogP contribution in [0.5, 0.6) is 0 Å². The van der Waals surface area contributed by atoms with E-state index < -0.39 is 9.05 Å². The standard InChI is InChI=1S/C12H13Cl2N3O2S/c1-7(2)17-11(15-16-12(17)20(14,18)19)9-4-5-10(13)8(3)6-9/h4-7H,1-3H3. The largest absolute Gasteiger partial charge is 0.296 e. The zero-order valence-corrected chi connectivity index (χ0v) is 13.5. The smallest absolute Gasteiger partial charge is 0.294 e. The molecule has 1 aromatic carbocycles. The number of rotatable bonds is 3. The molecule has 0 fully saturated rings. The Hall–Kier alpha value is -1.11. The van der Waals surface area contributed by atoms with Crippen LogP contribution in [0.3, 0.4) is 0 Å². The van der Waals surface area contributed by atoms with Crippen LogP contribution >= 0.6 is 22.3 Å². The van der Waals surface area contributed by atoms with Gasteiger partial charge in [0.2, 0.25) is 0 Å². The molecule has 0 aliphatic heterocycles. The highest BCUT2D eigenvalue weighted by atomic mass is 35.7. The van der Waals surface area contributed by atoms with Crippen molar-refractivity contribution in [3.05, 3.63) is 28.8 Å². The first-order valence-corrected chi connectivity index (χ1v) is 8.56. The fourth-order valence-corrected chi connectivity index (χ4v) is 2.99. The predicted octanol–water partition coefficient (Wildman–Crippen LogP) is 3.42. The Labute approximate surface area is 127 Å². The van der Waals surface area contributed by atoms with Crippen LogP contribution in [0.4, 0.5) is 0 Å². The maximum Gasteiger partial charge on any atom is 0.296 e. The van der Waals surface area contributed by atoms with E-state index >= 15 is 0 Å². The van der Waals surface area contributed by atoms with Crippen LogP contribution in [0.2, 0.25) is 5.02 Å². The summed E-state index contributed by atoms with van der Waals surface area (Å²) < 4.78 is 24.6. The lowest BCUT2D eigenvalue weighted by molar-refractivity contribution is 0.530. The lowest BCUT2D eigenvalue weighted by atomic mass is 10.1. The monoisotopic (exact) mass is 333 g/mol. The highest BCUT2D eigenvalue weighted by Gasteiger charge is 2.25. The molecule has 1 aromatic heterocycles. The van der Waals surface area contributed by atoms with Gasteiger partial charge in [-0.15, -0.1) is 10.2 Å². The number of benzene rings is 1. The van der Waals surface area contributed by atoms with Gasteiger partial charge in [0.15, 0.2) is 5.82 Å². The zero-order chi connectivity index (χ0) is 15.1. The highest BCUT2D eigenvalue weighted by Crippen LogP contribution is 2.28. The van der Waals surface area contributed by atoms with E-state index in [9.17, 15) is 8.42 Å². The first kappa shape index (κ1) is 15.3. The molecule has 0 aliphatic rings. The third-order valence-electron chi connectivity index (χ3n) is 2.82. The van der Waals surface area contributed by atoms with Gasteiger partial charge in [0.1, 0.15) is 0 Å². The number of hydrogen-bond donors (Lipinski definition) is 0. The number of nitrogens with zero attached hydrogens (tertiary/aromatic N) is 3. The van der Waals surface area contributed by atoms with Crippen LogP contribution in [0.15, 0.2) is 23.4 Å². The molecule has 0 spiro atoms. The normalized spacial score (nSPS) is 12.1. The molecular weight excluding hydrogens is 321 g/mol. The van der Waals surface area contributed by atoms with E-state index in [1.54, 1.807) is 12.1 Å². The Bertz CT molecular complexity index is 754. The average Bonchev–Trinajstić information content (AvgIpc) is 2.77. The lowest BCUT2D eigenvalue weighted by Crippen LogP contribution is -2.10. The maximum absolute atomic E-state index is 11.5. The first-order chi connectivity index (χ1) is 9.21. The molecule has 0 unspecified atom stereocenters. The van der Waals surface area contributed by atoms with E-state index in [4.69, 9.17) is 22.3 Å². The van der Waals surface area contributed by atoms with Crippen molar-refractivity contribution < 1.29 is 8.42 Å². The molecule has 0 atom stereocenters. The van der Waals surface area contributed by atoms with E-state index in [0.717, 1.165) is 11.1 Å². The van der Waals surface area contributed by atoms with Crippen molar-refractivity contribution in [2.24, 2.45) is 0 Å². The SMILES string of the molecule is Cc1cc(-c2nnc(S(=O)(=O)Cl)n2C(C)C)ccc1Cl. The fraction of sp³-hybridized carbons (Fsp3) is 0.333. The van der Waals surface area contributed by atoms with E-state index in [1.165, 1.54) is 4.57 Å². The number of hydrogen-bond acceptors (Lipinski definition) is 4. The topological polar surface area (TPSA) is 64.8 Å². The van der Waals surface area contributed by atoms with Gasteiger partial charge in [-0.05, 0) is 44.5 Å². The Morgan fingerprint density at radius 2 is 1.90 bits per heavy atom. The lowest BCUT2D eigenvalue weighted by Gasteiger charge is -2.13. The summed E-state index contributed by atoms with van der Waals surface area (Å²) in [5.74, 6) is 0.444. The predicted molar refractivity (Wildman–Crippen MR) is 78.6 cm³/mol. The summed E-state index contributed by atoms with van der Waals surface area (Å²) in [7, 11) is 1.44. The Morgan fingerprint density at radius 1 is 1.25 bits per heavy atom. The van der Waals surface area contributed by atoms with Crippen LogP contribution in [0, 0.1) is 6.92 Å². The van der Waals surface area contributed by atoms with Gasteiger partial charge in [0.25, 0.3) is 14.2 Å². The van der Waals surface area contributed by atoms with Gasteiger partial charge in [-0.25, -0.2) is 8.42 Å². The quantitative estimate of drug-likeness (QED) is 0.807. The summed E-state index contributed by atoms with van der Waals surface area (Å²) in [6.45, 7) is 5.53. The number of aromatic nitrogens is 3. The molecule has 0 bridgehead atoms. The zero-order valence-electron chi connectivity index (χ0n) is 11.1.